The van der Waals surface area contributed by atoms with Crippen molar-refractivity contribution >= 4 is 17.6 Å². The van der Waals surface area contributed by atoms with Gasteiger partial charge in [0.15, 0.2) is 0 Å². The van der Waals surface area contributed by atoms with Crippen molar-refractivity contribution in [1.82, 2.24) is 4.98 Å². The number of aliphatic carboxylic acids is 1. The summed E-state index contributed by atoms with van der Waals surface area (Å²) >= 11 is 0. The van der Waals surface area contributed by atoms with Crippen molar-refractivity contribution in [2.24, 2.45) is 0 Å². The molecule has 0 bridgehead atoms. The van der Waals surface area contributed by atoms with Crippen LogP contribution in [0.5, 0.6) is 0 Å². The van der Waals surface area contributed by atoms with E-state index in [1.54, 1.807) is 12.1 Å². The van der Waals surface area contributed by atoms with Gasteiger partial charge in [-0.25, -0.2) is 0 Å². The maximum Gasteiger partial charge on any atom is 0.309 e. The number of carboxylic acids is 1. The molecule has 108 valence electrons. The standard InChI is InChI=1S/C14H18N2O4/c17-13(6-5-12-2-1-7-20-12)16-11-4-3-10(15-9-11)8-14(18)19/h3-4,9,12H,1-2,5-8H2,(H,16,17)(H,18,19). The summed E-state index contributed by atoms with van der Waals surface area (Å²) in [7, 11) is 0. The van der Waals surface area contributed by atoms with E-state index in [-0.39, 0.29) is 18.4 Å². The summed E-state index contributed by atoms with van der Waals surface area (Å²) in [6, 6.07) is 3.26. The molecular formula is C14H18N2O4. The zero-order valence-electron chi connectivity index (χ0n) is 11.2. The Morgan fingerprint density at radius 3 is 2.90 bits per heavy atom. The van der Waals surface area contributed by atoms with E-state index in [1.165, 1.54) is 6.20 Å². The summed E-state index contributed by atoms with van der Waals surface area (Å²) in [6.07, 6.45) is 4.81. The van der Waals surface area contributed by atoms with Gasteiger partial charge in [-0.15, -0.1) is 0 Å². The molecule has 1 aliphatic rings. The minimum Gasteiger partial charge on any atom is -0.481 e. The van der Waals surface area contributed by atoms with Crippen LogP contribution in [0.15, 0.2) is 18.3 Å². The molecule has 6 heteroatoms. The molecule has 20 heavy (non-hydrogen) atoms. The molecule has 2 rings (SSSR count). The number of carbonyl (C=O) groups is 2. The fraction of sp³-hybridized carbons (Fsp3) is 0.500. The molecular weight excluding hydrogens is 260 g/mol. The van der Waals surface area contributed by atoms with Gasteiger partial charge in [0.05, 0.1) is 30.1 Å². The van der Waals surface area contributed by atoms with Crippen LogP contribution in [-0.2, 0) is 20.7 Å². The summed E-state index contributed by atoms with van der Waals surface area (Å²) < 4.78 is 5.46. The van der Waals surface area contributed by atoms with Crippen molar-refractivity contribution < 1.29 is 19.4 Å². The van der Waals surface area contributed by atoms with Crippen LogP contribution in [0.1, 0.15) is 31.4 Å². The van der Waals surface area contributed by atoms with Crippen LogP contribution in [0.3, 0.4) is 0 Å². The molecule has 2 heterocycles. The Bertz CT molecular complexity index is 467. The highest BCUT2D eigenvalue weighted by atomic mass is 16.5. The number of amides is 1. The Labute approximate surface area is 117 Å². The van der Waals surface area contributed by atoms with Crippen molar-refractivity contribution in [3.8, 4) is 0 Å². The molecule has 1 aromatic heterocycles. The number of hydrogen-bond acceptors (Lipinski definition) is 4. The third kappa shape index (κ3) is 4.62. The van der Waals surface area contributed by atoms with Crippen molar-refractivity contribution in [3.63, 3.8) is 0 Å². The minimum absolute atomic E-state index is 0.0757. The zero-order chi connectivity index (χ0) is 14.4. The SMILES string of the molecule is O=C(O)Cc1ccc(NC(=O)CCC2CCCO2)cn1. The number of rotatable bonds is 6. The molecule has 0 spiro atoms. The van der Waals surface area contributed by atoms with Crippen molar-refractivity contribution in [2.75, 3.05) is 11.9 Å². The first-order valence-electron chi connectivity index (χ1n) is 6.71. The lowest BCUT2D eigenvalue weighted by Gasteiger charge is -2.09. The van der Waals surface area contributed by atoms with E-state index in [0.717, 1.165) is 25.9 Å². The Kier molecular flexibility index (Phi) is 5.06. The van der Waals surface area contributed by atoms with Gasteiger partial charge in [-0.2, -0.15) is 0 Å². The van der Waals surface area contributed by atoms with Gasteiger partial charge in [0.25, 0.3) is 0 Å². The Hall–Kier alpha value is -1.95. The van der Waals surface area contributed by atoms with Crippen LogP contribution in [0, 0.1) is 0 Å². The van der Waals surface area contributed by atoms with Crippen LogP contribution in [-0.4, -0.2) is 34.7 Å². The second-order valence-corrected chi connectivity index (χ2v) is 4.83. The molecule has 6 nitrogen and oxygen atoms in total. The Morgan fingerprint density at radius 1 is 1.45 bits per heavy atom. The number of nitrogens with one attached hydrogen (secondary N) is 1. The lowest BCUT2D eigenvalue weighted by Crippen LogP contribution is -2.15. The average Bonchev–Trinajstić information content (AvgIpc) is 2.91. The molecule has 0 saturated carbocycles. The lowest BCUT2D eigenvalue weighted by molar-refractivity contribution is -0.136. The maximum atomic E-state index is 11.7. The fourth-order valence-electron chi connectivity index (χ4n) is 2.15. The summed E-state index contributed by atoms with van der Waals surface area (Å²) in [4.78, 5) is 26.3. The van der Waals surface area contributed by atoms with Gasteiger partial charge < -0.3 is 15.2 Å². The van der Waals surface area contributed by atoms with Crippen molar-refractivity contribution in [3.05, 3.63) is 24.0 Å². The highest BCUT2D eigenvalue weighted by Crippen LogP contribution is 2.17. The van der Waals surface area contributed by atoms with Crippen LogP contribution < -0.4 is 5.32 Å². The smallest absolute Gasteiger partial charge is 0.309 e. The van der Waals surface area contributed by atoms with Gasteiger partial charge in [-0.3, -0.25) is 14.6 Å². The number of anilines is 1. The van der Waals surface area contributed by atoms with Crippen molar-refractivity contribution in [2.45, 2.75) is 38.2 Å². The first-order valence-corrected chi connectivity index (χ1v) is 6.71. The second kappa shape index (κ2) is 7.00. The normalized spacial score (nSPS) is 17.9. The molecule has 1 unspecified atom stereocenters. The molecule has 0 aliphatic carbocycles. The van der Waals surface area contributed by atoms with E-state index in [4.69, 9.17) is 9.84 Å². The Balaban J connectivity index is 1.76. The van der Waals surface area contributed by atoms with E-state index in [1.807, 2.05) is 0 Å². The largest absolute Gasteiger partial charge is 0.481 e. The third-order valence-electron chi connectivity index (χ3n) is 3.16. The topological polar surface area (TPSA) is 88.5 Å². The van der Waals surface area contributed by atoms with Gasteiger partial charge in [0.2, 0.25) is 5.91 Å². The molecule has 0 aromatic carbocycles. The van der Waals surface area contributed by atoms with Gasteiger partial charge in [0, 0.05) is 13.0 Å². The third-order valence-corrected chi connectivity index (χ3v) is 3.16. The molecule has 1 amide bonds. The molecule has 1 saturated heterocycles. The molecule has 0 radical (unpaired) electrons. The van der Waals surface area contributed by atoms with E-state index in [2.05, 4.69) is 10.3 Å². The van der Waals surface area contributed by atoms with Crippen LogP contribution in [0.2, 0.25) is 0 Å². The molecule has 1 atom stereocenters. The molecule has 1 fully saturated rings. The van der Waals surface area contributed by atoms with E-state index >= 15 is 0 Å². The van der Waals surface area contributed by atoms with E-state index < -0.39 is 5.97 Å². The minimum atomic E-state index is -0.925. The van der Waals surface area contributed by atoms with Gasteiger partial charge in [-0.05, 0) is 31.4 Å². The number of nitrogens with zero attached hydrogens (tertiary/aromatic N) is 1. The quantitative estimate of drug-likeness (QED) is 0.825. The number of aromatic nitrogens is 1. The average molecular weight is 278 g/mol. The predicted molar refractivity (Wildman–Crippen MR) is 72.4 cm³/mol. The highest BCUT2D eigenvalue weighted by molar-refractivity contribution is 5.90. The highest BCUT2D eigenvalue weighted by Gasteiger charge is 2.16. The van der Waals surface area contributed by atoms with E-state index in [9.17, 15) is 9.59 Å². The summed E-state index contributed by atoms with van der Waals surface area (Å²) in [5.74, 6) is -1.00. The molecule has 1 aliphatic heterocycles. The number of hydrogen-bond donors (Lipinski definition) is 2. The summed E-state index contributed by atoms with van der Waals surface area (Å²) in [6.45, 7) is 0.793. The van der Waals surface area contributed by atoms with Crippen LogP contribution >= 0.6 is 0 Å². The number of pyridine rings is 1. The van der Waals surface area contributed by atoms with Gasteiger partial charge in [0.1, 0.15) is 0 Å². The van der Waals surface area contributed by atoms with Gasteiger partial charge >= 0.3 is 5.97 Å². The first kappa shape index (κ1) is 14.5. The van der Waals surface area contributed by atoms with Crippen LogP contribution in [0.4, 0.5) is 5.69 Å². The summed E-state index contributed by atoms with van der Waals surface area (Å²) in [5.41, 5.74) is 1.05. The predicted octanol–water partition coefficient (Wildman–Crippen LogP) is 1.61. The number of ether oxygens (including phenoxy) is 1. The first-order chi connectivity index (χ1) is 9.63. The zero-order valence-corrected chi connectivity index (χ0v) is 11.2. The molecule has 2 N–H and O–H groups in total. The summed E-state index contributed by atoms with van der Waals surface area (Å²) in [5, 5.41) is 11.4. The Morgan fingerprint density at radius 2 is 2.30 bits per heavy atom. The van der Waals surface area contributed by atoms with Crippen molar-refractivity contribution in [1.29, 1.82) is 0 Å². The fourth-order valence-corrected chi connectivity index (χ4v) is 2.15. The second-order valence-electron chi connectivity index (χ2n) is 4.83. The monoisotopic (exact) mass is 278 g/mol. The maximum absolute atomic E-state index is 11.7. The number of carbonyl (C=O) groups excluding carboxylic acids is 1. The van der Waals surface area contributed by atoms with E-state index in [0.29, 0.717) is 17.8 Å². The molecule has 1 aromatic rings. The van der Waals surface area contributed by atoms with Crippen LogP contribution in [0.25, 0.3) is 0 Å². The number of carboxylic acid groups (broad SMARTS) is 1. The lowest BCUT2D eigenvalue weighted by atomic mass is 10.1. The van der Waals surface area contributed by atoms with Gasteiger partial charge in [-0.1, -0.05) is 0 Å².